The molecule has 2 atom stereocenters. The van der Waals surface area contributed by atoms with E-state index in [1.54, 1.807) is 0 Å². The number of nitrogens with zero attached hydrogens (tertiary/aromatic N) is 2. The Hall–Kier alpha value is -13.9. The van der Waals surface area contributed by atoms with E-state index in [0.29, 0.717) is 0 Å². The van der Waals surface area contributed by atoms with Crippen LogP contribution >= 0.6 is 23.5 Å². The second-order valence-corrected chi connectivity index (χ2v) is 33.4. The zero-order valence-corrected chi connectivity index (χ0v) is 66.1. The van der Waals surface area contributed by atoms with Gasteiger partial charge in [0.05, 0.1) is 36.1 Å². The summed E-state index contributed by atoms with van der Waals surface area (Å²) in [6.07, 6.45) is 0. The van der Waals surface area contributed by atoms with E-state index >= 15 is 0 Å². The Labute approximate surface area is 691 Å². The molecule has 0 saturated carbocycles. The van der Waals surface area contributed by atoms with Crippen molar-refractivity contribution in [3.63, 3.8) is 0 Å². The highest BCUT2D eigenvalue weighted by atomic mass is 32.2. The molecule has 2 aliphatic heterocycles. The van der Waals surface area contributed by atoms with Gasteiger partial charge in [0.2, 0.25) is 0 Å². The number of hydrogen-bond donors (Lipinski definition) is 0. The number of rotatable bonds is 12. The minimum Gasteiger partial charge on any atom is -0.455 e. The standard InChI is InChI=1S/C58H41NOS.C53H35NOS/c1-57(2)50-36-41(30-32-45(50)46-33-31-44(37-51(46)57)59(42-18-8-4-9-19-42)43-20-10-5-11-21-43)58(40-28-26-39(27-29-40)38-16-6-3-7-17-38)48-23-13-12-22-47(48)55-49(58)34-35-53-56(55)61-54-25-15-14-24-52(54)60-53;1-3-14-36(15-4-1)37-26-30-41(31-27-37)54(47-23-13-17-38-16-7-8-20-43(38)47)42-32-28-40(29-33-42)53(39-18-5-2-6-19-39)45-22-10-9-21-44(45)51-46(53)34-35-49-52(51)56-50-25-12-11-24-48(50)55-49/h3-37H,1-2H3;1-35H. The van der Waals surface area contributed by atoms with Crippen molar-refractivity contribution >= 4 is 68.4 Å². The number of ether oxygens (including phenoxy) is 2. The fourth-order valence-corrected chi connectivity index (χ4v) is 21.5. The molecule has 0 radical (unpaired) electrons. The lowest BCUT2D eigenvalue weighted by atomic mass is 9.66. The van der Waals surface area contributed by atoms with Crippen molar-refractivity contribution in [2.24, 2.45) is 0 Å². The van der Waals surface area contributed by atoms with Gasteiger partial charge in [0.1, 0.15) is 23.0 Å². The number of anilines is 6. The average molecular weight is 1530 g/mol. The quantitative estimate of drug-likeness (QED) is 0.121. The first kappa shape index (κ1) is 69.8. The molecule has 4 nitrogen and oxygen atoms in total. The van der Waals surface area contributed by atoms with E-state index in [1.165, 1.54) is 132 Å². The maximum absolute atomic E-state index is 6.64. The van der Waals surface area contributed by atoms with Crippen LogP contribution in [-0.2, 0) is 16.2 Å². The third-order valence-electron chi connectivity index (χ3n) is 24.6. The predicted octanol–water partition coefficient (Wildman–Crippen LogP) is 30.3. The van der Waals surface area contributed by atoms with E-state index in [-0.39, 0.29) is 5.41 Å². The molecule has 23 rings (SSSR count). The molecular formula is C111H76N2O2S2. The molecule has 3 aliphatic carbocycles. The molecule has 2 unspecified atom stereocenters. The zero-order valence-electron chi connectivity index (χ0n) is 64.4. The van der Waals surface area contributed by atoms with Crippen LogP contribution in [0, 0.1) is 0 Å². The molecule has 2 heterocycles. The topological polar surface area (TPSA) is 24.9 Å². The van der Waals surface area contributed by atoms with Crippen molar-refractivity contribution in [1.82, 2.24) is 0 Å². The number of para-hydroxylation sites is 4. The average Bonchev–Trinajstić information content (AvgIpc) is 1.53. The van der Waals surface area contributed by atoms with Gasteiger partial charge >= 0.3 is 0 Å². The van der Waals surface area contributed by atoms with Crippen LogP contribution < -0.4 is 19.3 Å². The van der Waals surface area contributed by atoms with Gasteiger partial charge in [-0.15, -0.1) is 0 Å². The smallest absolute Gasteiger partial charge is 0.142 e. The molecule has 0 spiro atoms. The fourth-order valence-electron chi connectivity index (χ4n) is 19.3. The predicted molar refractivity (Wildman–Crippen MR) is 484 cm³/mol. The zero-order chi connectivity index (χ0) is 77.8. The lowest BCUT2D eigenvalue weighted by Crippen LogP contribution is -2.29. The summed E-state index contributed by atoms with van der Waals surface area (Å²) in [4.78, 5) is 9.39. The van der Waals surface area contributed by atoms with Crippen molar-refractivity contribution in [2.75, 3.05) is 9.80 Å². The molecule has 0 N–H and O–H groups in total. The molecule has 117 heavy (non-hydrogen) atoms. The van der Waals surface area contributed by atoms with Crippen molar-refractivity contribution < 1.29 is 9.47 Å². The lowest BCUT2D eigenvalue weighted by molar-refractivity contribution is 0.454. The fraction of sp³-hybridized carbons (Fsp3) is 0.0450. The van der Waals surface area contributed by atoms with Gasteiger partial charge in [-0.1, -0.05) is 359 Å². The van der Waals surface area contributed by atoms with Crippen molar-refractivity contribution in [1.29, 1.82) is 0 Å². The van der Waals surface area contributed by atoms with E-state index in [2.05, 4.69) is 436 Å². The van der Waals surface area contributed by atoms with Crippen LogP contribution in [0.1, 0.15) is 69.5 Å². The van der Waals surface area contributed by atoms with Crippen LogP contribution in [0.4, 0.5) is 34.1 Å². The Morgan fingerprint density at radius 2 is 0.624 bits per heavy atom. The largest absolute Gasteiger partial charge is 0.455 e. The first-order valence-corrected chi connectivity index (χ1v) is 41.8. The Kier molecular flexibility index (Phi) is 16.9. The van der Waals surface area contributed by atoms with Crippen LogP contribution in [0.15, 0.2) is 444 Å². The summed E-state index contributed by atoms with van der Waals surface area (Å²) in [6, 6.07) is 155. The molecule has 0 amide bonds. The van der Waals surface area contributed by atoms with Gasteiger partial charge < -0.3 is 19.3 Å². The van der Waals surface area contributed by atoms with E-state index in [1.807, 2.05) is 35.7 Å². The Bertz CT molecular complexity index is 6850. The Morgan fingerprint density at radius 1 is 0.239 bits per heavy atom. The van der Waals surface area contributed by atoms with Gasteiger partial charge in [0.25, 0.3) is 0 Å². The van der Waals surface area contributed by atoms with Crippen LogP contribution in [0.3, 0.4) is 0 Å². The van der Waals surface area contributed by atoms with Gasteiger partial charge in [-0.3, -0.25) is 0 Å². The monoisotopic (exact) mass is 1530 g/mol. The minimum absolute atomic E-state index is 0.266. The second kappa shape index (κ2) is 28.3. The number of hydrogen-bond acceptors (Lipinski definition) is 6. The summed E-state index contributed by atoms with van der Waals surface area (Å²) in [5.74, 6) is 3.64. The van der Waals surface area contributed by atoms with Gasteiger partial charge in [-0.25, -0.2) is 0 Å². The third-order valence-corrected chi connectivity index (χ3v) is 27.0. The van der Waals surface area contributed by atoms with E-state index in [4.69, 9.17) is 9.47 Å². The van der Waals surface area contributed by atoms with Gasteiger partial charge in [-0.05, 0) is 209 Å². The van der Waals surface area contributed by atoms with E-state index in [9.17, 15) is 0 Å². The van der Waals surface area contributed by atoms with E-state index < -0.39 is 10.8 Å². The second-order valence-electron chi connectivity index (χ2n) is 31.2. The molecule has 5 aliphatic rings. The van der Waals surface area contributed by atoms with Crippen molar-refractivity contribution in [2.45, 2.75) is 49.7 Å². The molecule has 18 aromatic rings. The summed E-state index contributed by atoms with van der Waals surface area (Å²) in [7, 11) is 0. The van der Waals surface area contributed by atoms with Crippen LogP contribution in [0.2, 0.25) is 0 Å². The van der Waals surface area contributed by atoms with Gasteiger partial charge in [0, 0.05) is 50.4 Å². The van der Waals surface area contributed by atoms with Crippen molar-refractivity contribution in [3.05, 3.63) is 480 Å². The molecule has 0 bridgehead atoms. The van der Waals surface area contributed by atoms with Gasteiger partial charge in [0.15, 0.2) is 0 Å². The van der Waals surface area contributed by atoms with Crippen LogP contribution in [0.25, 0.3) is 66.4 Å². The molecule has 554 valence electrons. The number of fused-ring (bicyclic) bond motifs is 16. The molecule has 18 aromatic carbocycles. The van der Waals surface area contributed by atoms with E-state index in [0.717, 1.165) is 66.9 Å². The highest BCUT2D eigenvalue weighted by Crippen LogP contribution is 2.66. The SMILES string of the molecule is CC1(C)c2cc(N(c3ccccc3)c3ccccc3)ccc2-c2ccc(C3(c4ccc(-c5ccccc5)cc4)c4ccccc4-c4c3ccc3c4Sc4ccccc4O3)cc21.c1ccc(-c2ccc(N(c3ccc(C4(c5ccccc5)c5ccccc5-c5c4ccc4c5Sc5ccccc5O4)cc3)c3cccc4ccccc34)cc2)cc1. The normalized spacial score (nSPS) is 15.5. The first-order valence-electron chi connectivity index (χ1n) is 40.2. The van der Waals surface area contributed by atoms with Gasteiger partial charge in [-0.2, -0.15) is 0 Å². The maximum atomic E-state index is 6.64. The highest BCUT2D eigenvalue weighted by Gasteiger charge is 2.51. The Morgan fingerprint density at radius 3 is 1.18 bits per heavy atom. The summed E-state index contributed by atoms with van der Waals surface area (Å²) in [5, 5.41) is 2.42. The van der Waals surface area contributed by atoms with Crippen LogP contribution in [-0.4, -0.2) is 0 Å². The lowest BCUT2D eigenvalue weighted by Gasteiger charge is -2.35. The minimum atomic E-state index is -0.587. The number of benzene rings is 18. The van der Waals surface area contributed by atoms with Crippen LogP contribution in [0.5, 0.6) is 23.0 Å². The molecule has 0 aromatic heterocycles. The van der Waals surface area contributed by atoms with Crippen molar-refractivity contribution in [3.8, 4) is 78.6 Å². The summed E-state index contributed by atoms with van der Waals surface area (Å²) in [5.41, 5.74) is 30.6. The molecule has 0 saturated heterocycles. The molecular weight excluding hydrogens is 1460 g/mol. The first-order chi connectivity index (χ1) is 57.8. The summed E-state index contributed by atoms with van der Waals surface area (Å²) >= 11 is 3.64. The third kappa shape index (κ3) is 11.3. The molecule has 0 fully saturated rings. The summed E-state index contributed by atoms with van der Waals surface area (Å²) < 4.78 is 13.2. The summed E-state index contributed by atoms with van der Waals surface area (Å²) in [6.45, 7) is 4.81. The highest BCUT2D eigenvalue weighted by molar-refractivity contribution is 8.00. The Balaban J connectivity index is 0.000000142. The molecule has 6 heteroatoms. The maximum Gasteiger partial charge on any atom is 0.142 e.